The summed E-state index contributed by atoms with van der Waals surface area (Å²) < 4.78 is 9.97. The van der Waals surface area contributed by atoms with E-state index in [9.17, 15) is 14.4 Å². The molecule has 1 unspecified atom stereocenters. The number of anilines is 2. The van der Waals surface area contributed by atoms with Crippen LogP contribution in [0.15, 0.2) is 29.6 Å². The third kappa shape index (κ3) is 5.55. The first kappa shape index (κ1) is 19.4. The summed E-state index contributed by atoms with van der Waals surface area (Å²) in [5, 5.41) is 4.51. The van der Waals surface area contributed by atoms with Crippen LogP contribution in [0.2, 0.25) is 0 Å². The standard InChI is InChI=1S/C17H19N3O5S/c1-3-24-14(21)8-13-9-26-17(19-13)20-15(22)10(2)25-16(23)11-4-6-12(18)7-5-11/h4-7,9-10H,3,8,18H2,1-2H3,(H,19,20,22). The van der Waals surface area contributed by atoms with Crippen molar-refractivity contribution in [3.8, 4) is 0 Å². The lowest BCUT2D eigenvalue weighted by Gasteiger charge is -2.12. The smallest absolute Gasteiger partial charge is 0.338 e. The first-order valence-corrected chi connectivity index (χ1v) is 8.74. The summed E-state index contributed by atoms with van der Waals surface area (Å²) in [4.78, 5) is 39.7. The van der Waals surface area contributed by atoms with E-state index in [4.69, 9.17) is 15.2 Å². The molecule has 2 aromatic rings. The number of hydrogen-bond donors (Lipinski definition) is 2. The molecule has 0 bridgehead atoms. The van der Waals surface area contributed by atoms with Crippen molar-refractivity contribution in [1.82, 2.24) is 4.98 Å². The summed E-state index contributed by atoms with van der Waals surface area (Å²) >= 11 is 1.17. The summed E-state index contributed by atoms with van der Waals surface area (Å²) in [5.41, 5.74) is 6.87. The second-order valence-corrected chi connectivity index (χ2v) is 6.14. The molecule has 1 atom stereocenters. The maximum absolute atomic E-state index is 12.1. The molecule has 0 aliphatic heterocycles. The molecule has 1 amide bonds. The van der Waals surface area contributed by atoms with Crippen molar-refractivity contribution in [3.05, 3.63) is 40.9 Å². The molecule has 3 N–H and O–H groups in total. The number of carbonyl (C=O) groups excluding carboxylic acids is 3. The molecule has 1 aromatic carbocycles. The first-order chi connectivity index (χ1) is 12.4. The van der Waals surface area contributed by atoms with E-state index in [0.29, 0.717) is 28.7 Å². The molecule has 138 valence electrons. The lowest BCUT2D eigenvalue weighted by Crippen LogP contribution is -2.30. The number of aromatic nitrogens is 1. The van der Waals surface area contributed by atoms with E-state index in [0.717, 1.165) is 0 Å². The summed E-state index contributed by atoms with van der Waals surface area (Å²) in [6.45, 7) is 3.47. The Hall–Kier alpha value is -2.94. The number of hydrogen-bond acceptors (Lipinski definition) is 8. The molecule has 0 spiro atoms. The van der Waals surface area contributed by atoms with E-state index < -0.39 is 18.0 Å². The van der Waals surface area contributed by atoms with Crippen LogP contribution in [-0.4, -0.2) is 35.5 Å². The molecular weight excluding hydrogens is 358 g/mol. The molecule has 1 heterocycles. The number of nitrogens with one attached hydrogen (secondary N) is 1. The van der Waals surface area contributed by atoms with Gasteiger partial charge < -0.3 is 15.2 Å². The molecule has 0 aliphatic rings. The fourth-order valence-electron chi connectivity index (χ4n) is 1.91. The average molecular weight is 377 g/mol. The highest BCUT2D eigenvalue weighted by Gasteiger charge is 2.20. The molecule has 2 rings (SSSR count). The zero-order chi connectivity index (χ0) is 19.1. The number of amides is 1. The Morgan fingerprint density at radius 2 is 1.96 bits per heavy atom. The third-order valence-electron chi connectivity index (χ3n) is 3.21. The fourth-order valence-corrected chi connectivity index (χ4v) is 2.63. The molecule has 0 fully saturated rings. The van der Waals surface area contributed by atoms with Crippen molar-refractivity contribution >= 4 is 40.0 Å². The Morgan fingerprint density at radius 3 is 2.62 bits per heavy atom. The van der Waals surface area contributed by atoms with Gasteiger partial charge in [-0.2, -0.15) is 0 Å². The van der Waals surface area contributed by atoms with Gasteiger partial charge >= 0.3 is 11.9 Å². The number of rotatable bonds is 7. The maximum Gasteiger partial charge on any atom is 0.338 e. The van der Waals surface area contributed by atoms with Gasteiger partial charge in [0.1, 0.15) is 0 Å². The number of esters is 2. The van der Waals surface area contributed by atoms with Gasteiger partial charge in [-0.15, -0.1) is 11.3 Å². The van der Waals surface area contributed by atoms with Crippen molar-refractivity contribution < 1.29 is 23.9 Å². The summed E-state index contributed by atoms with van der Waals surface area (Å²) in [6.07, 6.45) is -0.987. The number of thiazole rings is 1. The van der Waals surface area contributed by atoms with E-state index in [1.165, 1.54) is 30.4 Å². The summed E-state index contributed by atoms with van der Waals surface area (Å²) in [7, 11) is 0. The molecular formula is C17H19N3O5S. The van der Waals surface area contributed by atoms with E-state index in [1.54, 1.807) is 24.4 Å². The molecule has 0 aliphatic carbocycles. The molecule has 0 saturated carbocycles. The Balaban J connectivity index is 1.88. The number of nitrogen functional groups attached to an aromatic ring is 1. The quantitative estimate of drug-likeness (QED) is 0.559. The van der Waals surface area contributed by atoms with E-state index in [1.807, 2.05) is 0 Å². The minimum atomic E-state index is -1.02. The third-order valence-corrected chi connectivity index (χ3v) is 4.02. The molecule has 0 radical (unpaired) electrons. The number of nitrogens with two attached hydrogens (primary N) is 1. The highest BCUT2D eigenvalue weighted by Crippen LogP contribution is 2.17. The van der Waals surface area contributed by atoms with Crippen LogP contribution in [0, 0.1) is 0 Å². The Morgan fingerprint density at radius 1 is 1.27 bits per heavy atom. The second kappa shape index (κ2) is 8.95. The van der Waals surface area contributed by atoms with Crippen LogP contribution in [0.25, 0.3) is 0 Å². The fraction of sp³-hybridized carbons (Fsp3) is 0.294. The zero-order valence-electron chi connectivity index (χ0n) is 14.4. The summed E-state index contributed by atoms with van der Waals surface area (Å²) in [5.74, 6) is -1.54. The van der Waals surface area contributed by atoms with Gasteiger partial charge in [-0.25, -0.2) is 9.78 Å². The topological polar surface area (TPSA) is 121 Å². The van der Waals surface area contributed by atoms with Crippen molar-refractivity contribution in [2.75, 3.05) is 17.7 Å². The Bertz CT molecular complexity index is 788. The van der Waals surface area contributed by atoms with Gasteiger partial charge in [-0.05, 0) is 38.1 Å². The SMILES string of the molecule is CCOC(=O)Cc1csc(NC(=O)C(C)OC(=O)c2ccc(N)cc2)n1. The molecule has 26 heavy (non-hydrogen) atoms. The Kier molecular flexibility index (Phi) is 6.67. The number of benzene rings is 1. The highest BCUT2D eigenvalue weighted by atomic mass is 32.1. The predicted molar refractivity (Wildman–Crippen MR) is 96.8 cm³/mol. The van der Waals surface area contributed by atoms with Gasteiger partial charge in [-0.3, -0.25) is 14.9 Å². The Labute approximate surface area is 154 Å². The lowest BCUT2D eigenvalue weighted by atomic mass is 10.2. The van der Waals surface area contributed by atoms with Crippen LogP contribution in [-0.2, 0) is 25.5 Å². The second-order valence-electron chi connectivity index (χ2n) is 5.28. The minimum Gasteiger partial charge on any atom is -0.466 e. The average Bonchev–Trinajstić information content (AvgIpc) is 3.02. The van der Waals surface area contributed by atoms with Gasteiger partial charge in [0, 0.05) is 11.1 Å². The highest BCUT2D eigenvalue weighted by molar-refractivity contribution is 7.13. The number of carbonyl (C=O) groups is 3. The lowest BCUT2D eigenvalue weighted by molar-refractivity contribution is -0.142. The molecule has 8 nitrogen and oxygen atoms in total. The van der Waals surface area contributed by atoms with Crippen molar-refractivity contribution in [2.45, 2.75) is 26.4 Å². The van der Waals surface area contributed by atoms with Gasteiger partial charge in [-0.1, -0.05) is 0 Å². The van der Waals surface area contributed by atoms with Gasteiger partial charge in [0.2, 0.25) is 0 Å². The minimum absolute atomic E-state index is 0.0297. The van der Waals surface area contributed by atoms with Crippen molar-refractivity contribution in [3.63, 3.8) is 0 Å². The zero-order valence-corrected chi connectivity index (χ0v) is 15.2. The molecule has 1 aromatic heterocycles. The monoisotopic (exact) mass is 377 g/mol. The van der Waals surface area contributed by atoms with Crippen LogP contribution in [0.4, 0.5) is 10.8 Å². The van der Waals surface area contributed by atoms with E-state index in [-0.39, 0.29) is 12.4 Å². The largest absolute Gasteiger partial charge is 0.466 e. The van der Waals surface area contributed by atoms with Crippen LogP contribution < -0.4 is 11.1 Å². The van der Waals surface area contributed by atoms with Crippen LogP contribution in [0.3, 0.4) is 0 Å². The van der Waals surface area contributed by atoms with Crippen molar-refractivity contribution in [2.24, 2.45) is 0 Å². The maximum atomic E-state index is 12.1. The number of nitrogens with zero attached hydrogens (tertiary/aromatic N) is 1. The predicted octanol–water partition coefficient (Wildman–Crippen LogP) is 2.01. The number of ether oxygens (including phenoxy) is 2. The van der Waals surface area contributed by atoms with Crippen LogP contribution in [0.5, 0.6) is 0 Å². The van der Waals surface area contributed by atoms with Gasteiger partial charge in [0.25, 0.3) is 5.91 Å². The van der Waals surface area contributed by atoms with Crippen LogP contribution >= 0.6 is 11.3 Å². The van der Waals surface area contributed by atoms with E-state index in [2.05, 4.69) is 10.3 Å². The normalized spacial score (nSPS) is 11.5. The van der Waals surface area contributed by atoms with Crippen molar-refractivity contribution in [1.29, 1.82) is 0 Å². The van der Waals surface area contributed by atoms with Gasteiger partial charge in [0.15, 0.2) is 11.2 Å². The summed E-state index contributed by atoms with van der Waals surface area (Å²) in [6, 6.07) is 6.18. The van der Waals surface area contributed by atoms with E-state index >= 15 is 0 Å². The van der Waals surface area contributed by atoms with Gasteiger partial charge in [0.05, 0.1) is 24.3 Å². The van der Waals surface area contributed by atoms with Crippen LogP contribution in [0.1, 0.15) is 29.9 Å². The molecule has 0 saturated heterocycles. The molecule has 9 heteroatoms. The first-order valence-electron chi connectivity index (χ1n) is 7.86.